The Kier molecular flexibility index (Phi) is 4.80. The van der Waals surface area contributed by atoms with Crippen molar-refractivity contribution in [3.8, 4) is 5.75 Å². The number of methoxy groups -OCH3 is 1. The lowest BCUT2D eigenvalue weighted by Gasteiger charge is -2.21. The fourth-order valence-electron chi connectivity index (χ4n) is 2.73. The molecule has 1 aromatic heterocycles. The number of hydrogen-bond acceptors (Lipinski definition) is 5. The number of likely N-dealkylation sites (tertiary alicyclic amines) is 1. The Morgan fingerprint density at radius 3 is 2.71 bits per heavy atom. The Morgan fingerprint density at radius 1 is 1.25 bits per heavy atom. The summed E-state index contributed by atoms with van der Waals surface area (Å²) in [6.45, 7) is 0.199. The zero-order valence-corrected chi connectivity index (χ0v) is 13.8. The van der Waals surface area contributed by atoms with Crippen LogP contribution in [0.4, 0.5) is 4.39 Å². The minimum Gasteiger partial charge on any atom is -0.485 e. The summed E-state index contributed by atoms with van der Waals surface area (Å²) in [6.07, 6.45) is -0.215. The first-order valence-corrected chi connectivity index (χ1v) is 8.31. The zero-order valence-electron chi connectivity index (χ0n) is 13.0. The van der Waals surface area contributed by atoms with Crippen molar-refractivity contribution in [1.29, 1.82) is 0 Å². The third kappa shape index (κ3) is 3.26. The number of rotatable bonds is 4. The SMILES string of the molecule is COC(=O)[C@H]1C[C@@H](Oc2ccccc2F)CN1C(=O)c1cccs1. The van der Waals surface area contributed by atoms with E-state index in [9.17, 15) is 14.0 Å². The molecule has 5 nitrogen and oxygen atoms in total. The van der Waals surface area contributed by atoms with Gasteiger partial charge in [0, 0.05) is 6.42 Å². The van der Waals surface area contributed by atoms with Gasteiger partial charge in [-0.3, -0.25) is 4.79 Å². The van der Waals surface area contributed by atoms with Crippen LogP contribution in [0.1, 0.15) is 16.1 Å². The smallest absolute Gasteiger partial charge is 0.328 e. The van der Waals surface area contributed by atoms with Crippen molar-refractivity contribution in [2.24, 2.45) is 0 Å². The summed E-state index contributed by atoms with van der Waals surface area (Å²) in [5, 5.41) is 1.80. The van der Waals surface area contributed by atoms with Gasteiger partial charge in [-0.25, -0.2) is 9.18 Å². The first-order valence-electron chi connectivity index (χ1n) is 7.43. The largest absolute Gasteiger partial charge is 0.485 e. The Morgan fingerprint density at radius 2 is 2.04 bits per heavy atom. The average molecular weight is 349 g/mol. The molecule has 1 aromatic carbocycles. The average Bonchev–Trinajstić information content (AvgIpc) is 3.25. The summed E-state index contributed by atoms with van der Waals surface area (Å²) in [7, 11) is 1.28. The van der Waals surface area contributed by atoms with Gasteiger partial charge in [-0.2, -0.15) is 0 Å². The molecular formula is C17H16FNO4S. The molecule has 0 aliphatic carbocycles. The van der Waals surface area contributed by atoms with Crippen molar-refractivity contribution in [3.63, 3.8) is 0 Å². The van der Waals surface area contributed by atoms with E-state index in [2.05, 4.69) is 0 Å². The van der Waals surface area contributed by atoms with Crippen molar-refractivity contribution in [2.45, 2.75) is 18.6 Å². The lowest BCUT2D eigenvalue weighted by atomic mass is 10.2. The Bertz CT molecular complexity index is 734. The van der Waals surface area contributed by atoms with Crippen LogP contribution in [0.25, 0.3) is 0 Å². The quantitative estimate of drug-likeness (QED) is 0.797. The van der Waals surface area contributed by atoms with E-state index < -0.39 is 23.9 Å². The lowest BCUT2D eigenvalue weighted by molar-refractivity contribution is -0.145. The van der Waals surface area contributed by atoms with Crippen molar-refractivity contribution < 1.29 is 23.5 Å². The van der Waals surface area contributed by atoms with Gasteiger partial charge in [0.2, 0.25) is 0 Å². The molecule has 0 unspecified atom stereocenters. The third-order valence-corrected chi connectivity index (χ3v) is 4.72. The van der Waals surface area contributed by atoms with Gasteiger partial charge < -0.3 is 14.4 Å². The molecular weight excluding hydrogens is 333 g/mol. The van der Waals surface area contributed by atoms with Crippen molar-refractivity contribution >= 4 is 23.2 Å². The second-order valence-electron chi connectivity index (χ2n) is 5.38. The number of esters is 1. The van der Waals surface area contributed by atoms with E-state index in [1.807, 2.05) is 0 Å². The number of nitrogens with zero attached hydrogens (tertiary/aromatic N) is 1. The van der Waals surface area contributed by atoms with E-state index in [0.29, 0.717) is 4.88 Å². The van der Waals surface area contributed by atoms with Gasteiger partial charge in [-0.05, 0) is 23.6 Å². The number of carbonyl (C=O) groups is 2. The maximum absolute atomic E-state index is 13.7. The minimum atomic E-state index is -0.735. The number of para-hydroxylation sites is 1. The van der Waals surface area contributed by atoms with Crippen molar-refractivity contribution in [1.82, 2.24) is 4.90 Å². The number of ether oxygens (including phenoxy) is 2. The monoisotopic (exact) mass is 349 g/mol. The predicted octanol–water partition coefficient (Wildman–Crippen LogP) is 2.72. The van der Waals surface area contributed by atoms with Gasteiger partial charge in [0.15, 0.2) is 11.6 Å². The first kappa shape index (κ1) is 16.4. The molecule has 126 valence electrons. The maximum Gasteiger partial charge on any atom is 0.328 e. The standard InChI is InChI=1S/C17H16FNO4S/c1-22-17(21)13-9-11(23-14-6-3-2-5-12(14)18)10-19(13)16(20)15-7-4-8-24-15/h2-8,11,13H,9-10H2,1H3/t11-,13-/m1/s1. The molecule has 1 aliphatic rings. The van der Waals surface area contributed by atoms with E-state index in [0.717, 1.165) is 0 Å². The van der Waals surface area contributed by atoms with Crippen LogP contribution in [0.2, 0.25) is 0 Å². The van der Waals surface area contributed by atoms with Gasteiger partial charge in [0.25, 0.3) is 5.91 Å². The van der Waals surface area contributed by atoms with Gasteiger partial charge in [0.1, 0.15) is 12.1 Å². The molecule has 1 amide bonds. The number of amides is 1. The molecule has 0 radical (unpaired) electrons. The summed E-state index contributed by atoms with van der Waals surface area (Å²) in [4.78, 5) is 26.6. The predicted molar refractivity (Wildman–Crippen MR) is 86.6 cm³/mol. The van der Waals surface area contributed by atoms with Crippen molar-refractivity contribution in [3.05, 3.63) is 52.5 Å². The summed E-state index contributed by atoms with van der Waals surface area (Å²) in [6, 6.07) is 8.80. The Hall–Kier alpha value is -2.41. The summed E-state index contributed by atoms with van der Waals surface area (Å²) >= 11 is 1.30. The van der Waals surface area contributed by atoms with Gasteiger partial charge >= 0.3 is 5.97 Å². The normalized spacial score (nSPS) is 20.0. The second kappa shape index (κ2) is 7.00. The molecule has 2 atom stereocenters. The molecule has 0 saturated carbocycles. The van der Waals surface area contributed by atoms with Crippen LogP contribution < -0.4 is 4.74 Å². The fourth-order valence-corrected chi connectivity index (χ4v) is 3.41. The van der Waals surface area contributed by atoms with E-state index in [1.54, 1.807) is 29.6 Å². The summed E-state index contributed by atoms with van der Waals surface area (Å²) in [5.74, 6) is -1.12. The van der Waals surface area contributed by atoms with Crippen LogP contribution in [0.15, 0.2) is 41.8 Å². The molecule has 3 rings (SSSR count). The van der Waals surface area contributed by atoms with E-state index in [-0.39, 0.29) is 24.6 Å². The number of carbonyl (C=O) groups excluding carboxylic acids is 2. The molecule has 24 heavy (non-hydrogen) atoms. The van der Waals surface area contributed by atoms with Crippen LogP contribution in [-0.4, -0.2) is 42.6 Å². The lowest BCUT2D eigenvalue weighted by Crippen LogP contribution is -2.41. The Balaban J connectivity index is 1.79. The number of thiophene rings is 1. The molecule has 1 saturated heterocycles. The van der Waals surface area contributed by atoms with E-state index in [1.165, 1.54) is 35.5 Å². The Labute approximate surface area is 142 Å². The van der Waals surface area contributed by atoms with Gasteiger partial charge in [-0.1, -0.05) is 18.2 Å². The van der Waals surface area contributed by atoms with Crippen LogP contribution in [0.5, 0.6) is 5.75 Å². The minimum absolute atomic E-state index is 0.108. The molecule has 1 aliphatic heterocycles. The summed E-state index contributed by atoms with van der Waals surface area (Å²) < 4.78 is 24.2. The number of benzene rings is 1. The van der Waals surface area contributed by atoms with Crippen molar-refractivity contribution in [2.75, 3.05) is 13.7 Å². The highest BCUT2D eigenvalue weighted by Gasteiger charge is 2.42. The zero-order chi connectivity index (χ0) is 17.1. The molecule has 0 bridgehead atoms. The first-order chi connectivity index (χ1) is 11.6. The highest BCUT2D eigenvalue weighted by atomic mass is 32.1. The highest BCUT2D eigenvalue weighted by molar-refractivity contribution is 7.12. The topological polar surface area (TPSA) is 55.8 Å². The van der Waals surface area contributed by atoms with Crippen LogP contribution >= 0.6 is 11.3 Å². The third-order valence-electron chi connectivity index (χ3n) is 3.86. The van der Waals surface area contributed by atoms with Gasteiger partial charge in [-0.15, -0.1) is 11.3 Å². The van der Waals surface area contributed by atoms with E-state index >= 15 is 0 Å². The van der Waals surface area contributed by atoms with E-state index in [4.69, 9.17) is 9.47 Å². The fraction of sp³-hybridized carbons (Fsp3) is 0.294. The van der Waals surface area contributed by atoms with Crippen LogP contribution in [0.3, 0.4) is 0 Å². The molecule has 1 fully saturated rings. The van der Waals surface area contributed by atoms with Crippen LogP contribution in [0, 0.1) is 5.82 Å². The van der Waals surface area contributed by atoms with Crippen LogP contribution in [-0.2, 0) is 9.53 Å². The molecule has 0 spiro atoms. The number of hydrogen-bond donors (Lipinski definition) is 0. The summed E-state index contributed by atoms with van der Waals surface area (Å²) in [5.41, 5.74) is 0. The molecule has 2 aromatic rings. The molecule has 2 heterocycles. The maximum atomic E-state index is 13.7. The number of halogens is 1. The van der Waals surface area contributed by atoms with Gasteiger partial charge in [0.05, 0.1) is 18.5 Å². The molecule has 7 heteroatoms. The highest BCUT2D eigenvalue weighted by Crippen LogP contribution is 2.27. The second-order valence-corrected chi connectivity index (χ2v) is 6.33. The molecule has 0 N–H and O–H groups in total.